The van der Waals surface area contributed by atoms with Crippen molar-refractivity contribution in [3.05, 3.63) is 29.8 Å². The molecular formula is C13H16O2. The molecule has 0 spiro atoms. The van der Waals surface area contributed by atoms with Gasteiger partial charge in [0.05, 0.1) is 6.61 Å². The molecule has 3 rings (SSSR count). The third-order valence-corrected chi connectivity index (χ3v) is 3.58. The minimum Gasteiger partial charge on any atom is -0.462 e. The summed E-state index contributed by atoms with van der Waals surface area (Å²) in [6.45, 7) is 2.90. The zero-order valence-electron chi connectivity index (χ0n) is 9.03. The predicted octanol–water partition coefficient (Wildman–Crippen LogP) is 2.76. The molecule has 1 fully saturated rings. The van der Waals surface area contributed by atoms with Crippen molar-refractivity contribution >= 4 is 0 Å². The molecule has 2 heterocycles. The molecule has 0 bridgehead atoms. The number of ether oxygens (including phenoxy) is 2. The van der Waals surface area contributed by atoms with Gasteiger partial charge in [-0.05, 0) is 30.9 Å². The summed E-state index contributed by atoms with van der Waals surface area (Å²) >= 11 is 0. The zero-order chi connectivity index (χ0) is 10.3. The first-order chi connectivity index (χ1) is 7.28. The molecular weight excluding hydrogens is 188 g/mol. The van der Waals surface area contributed by atoms with E-state index < -0.39 is 0 Å². The van der Waals surface area contributed by atoms with Crippen molar-refractivity contribution in [3.8, 4) is 5.75 Å². The summed E-state index contributed by atoms with van der Waals surface area (Å²) in [5.74, 6) is 1.13. The van der Waals surface area contributed by atoms with Crippen molar-refractivity contribution in [2.24, 2.45) is 5.92 Å². The summed E-state index contributed by atoms with van der Waals surface area (Å²) in [5.41, 5.74) is 1.32. The fourth-order valence-electron chi connectivity index (χ4n) is 2.64. The lowest BCUT2D eigenvalue weighted by Gasteiger charge is -2.44. The quantitative estimate of drug-likeness (QED) is 0.647. The van der Waals surface area contributed by atoms with E-state index >= 15 is 0 Å². The first kappa shape index (κ1) is 9.22. The molecule has 0 aliphatic carbocycles. The Morgan fingerprint density at radius 3 is 3.13 bits per heavy atom. The lowest BCUT2D eigenvalue weighted by Crippen LogP contribution is -2.50. The Morgan fingerprint density at radius 1 is 1.33 bits per heavy atom. The minimum atomic E-state index is -0.382. The van der Waals surface area contributed by atoms with E-state index in [9.17, 15) is 0 Å². The Hall–Kier alpha value is -1.02. The van der Waals surface area contributed by atoms with E-state index in [4.69, 9.17) is 9.47 Å². The van der Waals surface area contributed by atoms with Gasteiger partial charge in [0.25, 0.3) is 0 Å². The lowest BCUT2D eigenvalue weighted by molar-refractivity contribution is -0.233. The highest BCUT2D eigenvalue weighted by molar-refractivity contribution is 5.36. The van der Waals surface area contributed by atoms with Gasteiger partial charge in [-0.1, -0.05) is 18.2 Å². The van der Waals surface area contributed by atoms with Gasteiger partial charge in [-0.2, -0.15) is 0 Å². The smallest absolute Gasteiger partial charge is 0.210 e. The average Bonchev–Trinajstić information content (AvgIpc) is 2.25. The van der Waals surface area contributed by atoms with Gasteiger partial charge in [0.2, 0.25) is 5.79 Å². The van der Waals surface area contributed by atoms with Crippen molar-refractivity contribution in [1.82, 2.24) is 0 Å². The maximum Gasteiger partial charge on any atom is 0.210 e. The third kappa shape index (κ3) is 1.44. The van der Waals surface area contributed by atoms with Gasteiger partial charge in [0.1, 0.15) is 5.75 Å². The third-order valence-electron chi connectivity index (χ3n) is 3.58. The van der Waals surface area contributed by atoms with Crippen LogP contribution >= 0.6 is 0 Å². The van der Waals surface area contributed by atoms with E-state index in [0.717, 1.165) is 25.2 Å². The van der Waals surface area contributed by atoms with Crippen LogP contribution in [0.5, 0.6) is 5.75 Å². The Bertz CT molecular complexity index is 375. The monoisotopic (exact) mass is 204 g/mol. The number of hydrogen-bond donors (Lipinski definition) is 0. The largest absolute Gasteiger partial charge is 0.462 e. The van der Waals surface area contributed by atoms with E-state index in [2.05, 4.69) is 19.1 Å². The Morgan fingerprint density at radius 2 is 2.20 bits per heavy atom. The Balaban J connectivity index is 1.98. The molecule has 1 aromatic carbocycles. The molecule has 0 aromatic heterocycles. The number of benzene rings is 1. The lowest BCUT2D eigenvalue weighted by atomic mass is 9.84. The van der Waals surface area contributed by atoms with Crippen LogP contribution in [0.2, 0.25) is 0 Å². The first-order valence-electron chi connectivity index (χ1n) is 5.69. The van der Waals surface area contributed by atoms with Crippen LogP contribution in [-0.2, 0) is 11.2 Å². The number of hydrogen-bond acceptors (Lipinski definition) is 2. The SMILES string of the molecule is CC12OCCCC1Cc1ccccc1O2. The summed E-state index contributed by atoms with van der Waals surface area (Å²) in [4.78, 5) is 0. The van der Waals surface area contributed by atoms with Crippen LogP contribution in [0.4, 0.5) is 0 Å². The summed E-state index contributed by atoms with van der Waals surface area (Å²) in [5, 5.41) is 0. The van der Waals surface area contributed by atoms with Crippen molar-refractivity contribution in [3.63, 3.8) is 0 Å². The minimum absolute atomic E-state index is 0.382. The molecule has 0 amide bonds. The average molecular weight is 204 g/mol. The van der Waals surface area contributed by atoms with Crippen LogP contribution in [0.1, 0.15) is 25.3 Å². The molecule has 1 aromatic rings. The maximum absolute atomic E-state index is 6.00. The normalized spacial score (nSPS) is 33.8. The van der Waals surface area contributed by atoms with Crippen LogP contribution in [0.25, 0.3) is 0 Å². The highest BCUT2D eigenvalue weighted by atomic mass is 16.7. The molecule has 0 N–H and O–H groups in total. The van der Waals surface area contributed by atoms with E-state index in [1.54, 1.807) is 0 Å². The zero-order valence-corrected chi connectivity index (χ0v) is 9.03. The van der Waals surface area contributed by atoms with Crippen molar-refractivity contribution in [2.75, 3.05) is 6.61 Å². The van der Waals surface area contributed by atoms with Gasteiger partial charge in [-0.3, -0.25) is 0 Å². The van der Waals surface area contributed by atoms with Crippen molar-refractivity contribution in [1.29, 1.82) is 0 Å². The molecule has 80 valence electrons. The number of fused-ring (bicyclic) bond motifs is 2. The fraction of sp³-hybridized carbons (Fsp3) is 0.538. The Kier molecular flexibility index (Phi) is 1.99. The van der Waals surface area contributed by atoms with Crippen molar-refractivity contribution in [2.45, 2.75) is 32.0 Å². The van der Waals surface area contributed by atoms with Crippen LogP contribution in [0, 0.1) is 5.92 Å². The second-order valence-corrected chi connectivity index (χ2v) is 4.62. The summed E-state index contributed by atoms with van der Waals surface area (Å²) < 4.78 is 11.8. The predicted molar refractivity (Wildman–Crippen MR) is 57.9 cm³/mol. The first-order valence-corrected chi connectivity index (χ1v) is 5.69. The van der Waals surface area contributed by atoms with Gasteiger partial charge in [0.15, 0.2) is 0 Å². The topological polar surface area (TPSA) is 18.5 Å². The van der Waals surface area contributed by atoms with Crippen LogP contribution in [0.3, 0.4) is 0 Å². The van der Waals surface area contributed by atoms with Crippen LogP contribution in [0.15, 0.2) is 24.3 Å². The van der Waals surface area contributed by atoms with E-state index in [-0.39, 0.29) is 5.79 Å². The molecule has 2 nitrogen and oxygen atoms in total. The molecule has 2 atom stereocenters. The van der Waals surface area contributed by atoms with E-state index in [1.165, 1.54) is 12.0 Å². The van der Waals surface area contributed by atoms with E-state index in [0.29, 0.717) is 5.92 Å². The second-order valence-electron chi connectivity index (χ2n) is 4.62. The van der Waals surface area contributed by atoms with Gasteiger partial charge < -0.3 is 9.47 Å². The molecule has 0 saturated carbocycles. The highest BCUT2D eigenvalue weighted by Crippen LogP contribution is 2.41. The molecule has 2 heteroatoms. The molecule has 2 unspecified atom stereocenters. The summed E-state index contributed by atoms with van der Waals surface area (Å²) in [7, 11) is 0. The van der Waals surface area contributed by atoms with E-state index in [1.807, 2.05) is 12.1 Å². The molecule has 1 saturated heterocycles. The molecule has 2 aliphatic rings. The highest BCUT2D eigenvalue weighted by Gasteiger charge is 2.43. The van der Waals surface area contributed by atoms with Gasteiger partial charge in [-0.25, -0.2) is 0 Å². The summed E-state index contributed by atoms with van der Waals surface area (Å²) in [6.07, 6.45) is 3.46. The van der Waals surface area contributed by atoms with Crippen LogP contribution in [-0.4, -0.2) is 12.4 Å². The summed E-state index contributed by atoms with van der Waals surface area (Å²) in [6, 6.07) is 8.29. The van der Waals surface area contributed by atoms with Gasteiger partial charge >= 0.3 is 0 Å². The standard InChI is InChI=1S/C13H16O2/c1-13-11(6-4-8-14-13)9-10-5-2-3-7-12(10)15-13/h2-3,5,7,11H,4,6,8-9H2,1H3. The Labute approximate surface area is 90.2 Å². The number of rotatable bonds is 0. The molecule has 2 aliphatic heterocycles. The van der Waals surface area contributed by atoms with Gasteiger partial charge in [0, 0.05) is 12.8 Å². The van der Waals surface area contributed by atoms with Crippen molar-refractivity contribution < 1.29 is 9.47 Å². The number of para-hydroxylation sites is 1. The van der Waals surface area contributed by atoms with Crippen LogP contribution < -0.4 is 4.74 Å². The maximum atomic E-state index is 6.00. The fourth-order valence-corrected chi connectivity index (χ4v) is 2.64. The molecule has 15 heavy (non-hydrogen) atoms. The second kappa shape index (κ2) is 3.24. The molecule has 0 radical (unpaired) electrons. The van der Waals surface area contributed by atoms with Gasteiger partial charge in [-0.15, -0.1) is 0 Å².